The van der Waals surface area contributed by atoms with E-state index in [4.69, 9.17) is 0 Å². The highest BCUT2D eigenvalue weighted by Gasteiger charge is 2.55. The van der Waals surface area contributed by atoms with Gasteiger partial charge in [-0.25, -0.2) is 10.9 Å². The molecule has 158 valence electrons. The second kappa shape index (κ2) is 6.92. The number of carbonyl (C=O) groups is 1. The molecule has 2 unspecified atom stereocenters. The van der Waals surface area contributed by atoms with Crippen molar-refractivity contribution in [2.75, 3.05) is 0 Å². The predicted molar refractivity (Wildman–Crippen MR) is 118 cm³/mol. The van der Waals surface area contributed by atoms with Gasteiger partial charge in [0.05, 0.1) is 6.21 Å². The smallest absolute Gasteiger partial charge is 0.258 e. The molecular formula is C24H31N5O. The first-order valence-electron chi connectivity index (χ1n) is 11.5. The summed E-state index contributed by atoms with van der Waals surface area (Å²) in [5.41, 5.74) is 13.1. The van der Waals surface area contributed by atoms with Gasteiger partial charge in [0.25, 0.3) is 5.91 Å². The number of nitrogens with zero attached hydrogens (tertiary/aromatic N) is 1. The quantitative estimate of drug-likeness (QED) is 0.465. The van der Waals surface area contributed by atoms with Crippen molar-refractivity contribution in [3.8, 4) is 0 Å². The zero-order valence-electron chi connectivity index (χ0n) is 17.6. The van der Waals surface area contributed by atoms with Crippen LogP contribution in [0.3, 0.4) is 0 Å². The van der Waals surface area contributed by atoms with Crippen molar-refractivity contribution in [3.63, 3.8) is 0 Å². The lowest BCUT2D eigenvalue weighted by Gasteiger charge is -2.59. The number of aromatic nitrogens is 1. The van der Waals surface area contributed by atoms with Crippen LogP contribution in [-0.4, -0.2) is 29.2 Å². The fourth-order valence-electron chi connectivity index (χ4n) is 7.44. The Labute approximate surface area is 177 Å². The first kappa shape index (κ1) is 18.6. The van der Waals surface area contributed by atoms with Crippen LogP contribution in [0.15, 0.2) is 29.4 Å². The number of hydrazone groups is 1. The van der Waals surface area contributed by atoms with Gasteiger partial charge in [-0.1, -0.05) is 18.2 Å². The van der Waals surface area contributed by atoms with E-state index in [9.17, 15) is 4.79 Å². The van der Waals surface area contributed by atoms with Crippen LogP contribution < -0.4 is 16.3 Å². The minimum atomic E-state index is -0.218. The van der Waals surface area contributed by atoms with Crippen molar-refractivity contribution < 1.29 is 4.79 Å². The van der Waals surface area contributed by atoms with Gasteiger partial charge in [-0.15, -0.1) is 0 Å². The molecule has 1 amide bonds. The van der Waals surface area contributed by atoms with E-state index in [1.807, 2.05) is 19.1 Å². The van der Waals surface area contributed by atoms with Crippen molar-refractivity contribution in [3.05, 3.63) is 35.5 Å². The number of carbonyl (C=O) groups excluding carboxylic acids is 1. The molecule has 1 aromatic heterocycles. The van der Waals surface area contributed by atoms with Crippen LogP contribution in [0.2, 0.25) is 0 Å². The Balaban J connectivity index is 1.11. The Morgan fingerprint density at radius 3 is 2.50 bits per heavy atom. The Morgan fingerprint density at radius 1 is 1.07 bits per heavy atom. The highest BCUT2D eigenvalue weighted by atomic mass is 16.2. The third-order valence-corrected chi connectivity index (χ3v) is 8.36. The second-order valence-corrected chi connectivity index (χ2v) is 10.4. The summed E-state index contributed by atoms with van der Waals surface area (Å²) >= 11 is 0. The third-order valence-electron chi connectivity index (χ3n) is 8.36. The van der Waals surface area contributed by atoms with Crippen LogP contribution in [0.1, 0.15) is 56.2 Å². The average Bonchev–Trinajstić information content (AvgIpc) is 3.33. The zero-order chi connectivity index (χ0) is 20.3. The van der Waals surface area contributed by atoms with E-state index in [1.165, 1.54) is 38.5 Å². The number of hydrogen-bond donors (Lipinski definition) is 4. The number of amides is 1. The number of hydrogen-bond acceptors (Lipinski definition) is 4. The van der Waals surface area contributed by atoms with Gasteiger partial charge in [0.2, 0.25) is 0 Å². The summed E-state index contributed by atoms with van der Waals surface area (Å²) < 4.78 is 0. The molecule has 1 aliphatic heterocycles. The highest BCUT2D eigenvalue weighted by molar-refractivity contribution is 6.00. The minimum Gasteiger partial charge on any atom is -0.358 e. The number of H-pyrrole nitrogens is 1. The molecule has 0 spiro atoms. The molecule has 0 radical (unpaired) electrons. The number of fused-ring (bicyclic) bond motifs is 1. The zero-order valence-corrected chi connectivity index (χ0v) is 17.6. The molecule has 2 atom stereocenters. The summed E-state index contributed by atoms with van der Waals surface area (Å²) in [6, 6.07) is 8.34. The summed E-state index contributed by atoms with van der Waals surface area (Å²) in [6.45, 7) is 2.03. The van der Waals surface area contributed by atoms with Crippen molar-refractivity contribution in [1.29, 1.82) is 0 Å². The van der Waals surface area contributed by atoms with Gasteiger partial charge >= 0.3 is 0 Å². The number of hydrazine groups is 1. The fraction of sp³-hybridized carbons (Fsp3) is 0.583. The third kappa shape index (κ3) is 3.00. The Bertz CT molecular complexity index is 973. The van der Waals surface area contributed by atoms with Gasteiger partial charge in [0.1, 0.15) is 6.04 Å². The molecule has 1 aromatic carbocycles. The average molecular weight is 406 g/mol. The normalized spacial score (nSPS) is 37.4. The van der Waals surface area contributed by atoms with E-state index in [0.717, 1.165) is 46.3 Å². The van der Waals surface area contributed by atoms with Crippen LogP contribution in [0.25, 0.3) is 10.9 Å². The summed E-state index contributed by atoms with van der Waals surface area (Å²) in [7, 11) is 0. The lowest BCUT2D eigenvalue weighted by atomic mass is 9.47. The number of aryl methyl sites for hydroxylation is 1. The van der Waals surface area contributed by atoms with Crippen molar-refractivity contribution >= 4 is 23.0 Å². The Kier molecular flexibility index (Phi) is 4.29. The van der Waals surface area contributed by atoms with Gasteiger partial charge in [-0.2, -0.15) is 5.10 Å². The number of para-hydroxylation sites is 1. The molecule has 4 N–H and O–H groups in total. The maximum Gasteiger partial charge on any atom is 0.258 e. The number of nitrogens with one attached hydrogen (secondary N) is 4. The van der Waals surface area contributed by atoms with Crippen LogP contribution >= 0.6 is 0 Å². The van der Waals surface area contributed by atoms with Crippen LogP contribution in [0, 0.1) is 30.1 Å². The van der Waals surface area contributed by atoms with E-state index in [0.29, 0.717) is 11.5 Å². The molecule has 4 aliphatic carbocycles. The molecule has 30 heavy (non-hydrogen) atoms. The van der Waals surface area contributed by atoms with Crippen LogP contribution in [0.5, 0.6) is 0 Å². The summed E-state index contributed by atoms with van der Waals surface area (Å²) in [5, 5.41) is 5.40. The summed E-state index contributed by atoms with van der Waals surface area (Å²) in [6.07, 6.45) is 11.0. The van der Waals surface area contributed by atoms with Gasteiger partial charge in [-0.3, -0.25) is 10.2 Å². The number of benzene rings is 1. The molecular weight excluding hydrogens is 374 g/mol. The van der Waals surface area contributed by atoms with Gasteiger partial charge < -0.3 is 4.98 Å². The van der Waals surface area contributed by atoms with Crippen LogP contribution in [0.4, 0.5) is 0 Å². The molecule has 5 fully saturated rings. The second-order valence-electron chi connectivity index (χ2n) is 10.4. The molecule has 2 aromatic rings. The Morgan fingerprint density at radius 2 is 1.77 bits per heavy atom. The van der Waals surface area contributed by atoms with Crippen molar-refractivity contribution in [2.45, 2.75) is 64.0 Å². The van der Waals surface area contributed by atoms with Gasteiger partial charge in [0.15, 0.2) is 0 Å². The van der Waals surface area contributed by atoms with E-state index < -0.39 is 0 Å². The van der Waals surface area contributed by atoms with E-state index >= 15 is 0 Å². The van der Waals surface area contributed by atoms with Gasteiger partial charge in [-0.05, 0) is 81.1 Å². The standard InChI is InChI=1S/C24H31N5O/c1-14-19(18-4-2-3-5-20(18)26-14)13-25-29-23(30)21-9-22(28-27-21)24-10-15-6-16(11-24)8-17(7-15)12-24/h2-5,13,15-17,21-22,26-28H,6-12H2,1H3,(H,29,30)/b25-13+. The van der Waals surface area contributed by atoms with Crippen molar-refractivity contribution in [2.24, 2.45) is 28.3 Å². The topological polar surface area (TPSA) is 81.3 Å². The lowest BCUT2D eigenvalue weighted by Crippen LogP contribution is -2.55. The molecule has 4 saturated carbocycles. The maximum absolute atomic E-state index is 12.8. The number of aromatic amines is 1. The molecule has 4 bridgehead atoms. The van der Waals surface area contributed by atoms with Crippen LogP contribution in [-0.2, 0) is 4.79 Å². The first-order valence-corrected chi connectivity index (χ1v) is 11.5. The molecule has 1 saturated heterocycles. The van der Waals surface area contributed by atoms with E-state index in [1.54, 1.807) is 6.21 Å². The summed E-state index contributed by atoms with van der Waals surface area (Å²) in [5.74, 6) is 2.73. The molecule has 6 heteroatoms. The fourth-order valence-corrected chi connectivity index (χ4v) is 7.44. The Hall–Kier alpha value is -2.18. The number of rotatable bonds is 4. The highest BCUT2D eigenvalue weighted by Crippen LogP contribution is 2.61. The maximum atomic E-state index is 12.8. The molecule has 5 aliphatic rings. The van der Waals surface area contributed by atoms with E-state index in [-0.39, 0.29) is 11.9 Å². The van der Waals surface area contributed by atoms with E-state index in [2.05, 4.69) is 38.5 Å². The van der Waals surface area contributed by atoms with Gasteiger partial charge in [0, 0.05) is 28.2 Å². The SMILES string of the molecule is Cc1[nH]c2ccccc2c1/C=N/NC(=O)C1CC(C23CC4CC(CC(C4)C2)C3)NN1. The monoisotopic (exact) mass is 405 g/mol. The first-order chi connectivity index (χ1) is 14.6. The van der Waals surface area contributed by atoms with Crippen molar-refractivity contribution in [1.82, 2.24) is 21.3 Å². The molecule has 6 nitrogen and oxygen atoms in total. The lowest BCUT2D eigenvalue weighted by molar-refractivity contribution is -0.123. The summed E-state index contributed by atoms with van der Waals surface area (Å²) in [4.78, 5) is 16.1. The minimum absolute atomic E-state index is 0.0523. The largest absolute Gasteiger partial charge is 0.358 e. The molecule has 7 rings (SSSR count). The predicted octanol–water partition coefficient (Wildman–Crippen LogP) is 3.38. The molecule has 2 heterocycles.